The van der Waals surface area contributed by atoms with Gasteiger partial charge in [0, 0.05) is 14.8 Å². The van der Waals surface area contributed by atoms with Crippen LogP contribution >= 0.6 is 22.9 Å². The highest BCUT2D eigenvalue weighted by Crippen LogP contribution is 2.34. The molecule has 20 heavy (non-hydrogen) atoms. The molecule has 2 rings (SSSR count). The van der Waals surface area contributed by atoms with Crippen molar-refractivity contribution >= 4 is 22.9 Å². The fourth-order valence-electron chi connectivity index (χ4n) is 2.50. The standard InChI is InChI=1S/C17H22ClNS/c1-5-8-19-16(17-12(3)9-13(4)20-17)15-10-14(18)7-6-11(15)2/h6-7,9-10,16,19H,5,8H2,1-4H3. The Bertz CT molecular complexity index is 589. The van der Waals surface area contributed by atoms with Crippen LogP contribution in [-0.4, -0.2) is 6.54 Å². The summed E-state index contributed by atoms with van der Waals surface area (Å²) in [6, 6.07) is 8.67. The maximum Gasteiger partial charge on any atom is 0.0676 e. The molecule has 1 aromatic carbocycles. The Kier molecular flexibility index (Phi) is 5.25. The van der Waals surface area contributed by atoms with E-state index in [2.05, 4.69) is 51.2 Å². The van der Waals surface area contributed by atoms with Crippen LogP contribution in [0.15, 0.2) is 24.3 Å². The van der Waals surface area contributed by atoms with E-state index < -0.39 is 0 Å². The Balaban J connectivity index is 2.46. The van der Waals surface area contributed by atoms with E-state index in [4.69, 9.17) is 11.6 Å². The topological polar surface area (TPSA) is 12.0 Å². The van der Waals surface area contributed by atoms with Crippen LogP contribution in [0.4, 0.5) is 0 Å². The van der Waals surface area contributed by atoms with Gasteiger partial charge in [-0.2, -0.15) is 0 Å². The molecule has 1 nitrogen and oxygen atoms in total. The summed E-state index contributed by atoms with van der Waals surface area (Å²) in [6.07, 6.45) is 1.12. The first-order valence-corrected chi connectivity index (χ1v) is 8.28. The van der Waals surface area contributed by atoms with Gasteiger partial charge in [0.2, 0.25) is 0 Å². The molecule has 2 aromatic rings. The molecule has 3 heteroatoms. The second kappa shape index (κ2) is 6.75. The molecule has 0 radical (unpaired) electrons. The summed E-state index contributed by atoms with van der Waals surface area (Å²) >= 11 is 8.08. The minimum atomic E-state index is 0.243. The van der Waals surface area contributed by atoms with Gasteiger partial charge in [-0.1, -0.05) is 24.6 Å². The van der Waals surface area contributed by atoms with E-state index in [0.717, 1.165) is 18.0 Å². The monoisotopic (exact) mass is 307 g/mol. The van der Waals surface area contributed by atoms with Crippen molar-refractivity contribution in [3.63, 3.8) is 0 Å². The normalized spacial score (nSPS) is 12.7. The van der Waals surface area contributed by atoms with Gasteiger partial charge in [0.25, 0.3) is 0 Å². The first-order chi connectivity index (χ1) is 9.52. The van der Waals surface area contributed by atoms with Crippen LogP contribution < -0.4 is 5.32 Å². The molecule has 0 spiro atoms. The van der Waals surface area contributed by atoms with E-state index in [9.17, 15) is 0 Å². The van der Waals surface area contributed by atoms with Gasteiger partial charge in [-0.15, -0.1) is 11.3 Å². The zero-order valence-electron chi connectivity index (χ0n) is 12.6. The average molecular weight is 308 g/mol. The van der Waals surface area contributed by atoms with Gasteiger partial charge in [0.05, 0.1) is 6.04 Å². The minimum Gasteiger partial charge on any atom is -0.306 e. The van der Waals surface area contributed by atoms with E-state index in [1.807, 2.05) is 17.4 Å². The fraction of sp³-hybridized carbons (Fsp3) is 0.412. The Morgan fingerprint density at radius 2 is 1.90 bits per heavy atom. The molecule has 0 saturated heterocycles. The van der Waals surface area contributed by atoms with E-state index in [1.165, 1.54) is 26.4 Å². The summed E-state index contributed by atoms with van der Waals surface area (Å²) in [5.41, 5.74) is 3.94. The second-order valence-corrected chi connectivity index (χ2v) is 7.02. The third-order valence-corrected chi connectivity index (χ3v) is 4.94. The van der Waals surface area contributed by atoms with Crippen LogP contribution in [0.3, 0.4) is 0 Å². The predicted molar refractivity (Wildman–Crippen MR) is 90.1 cm³/mol. The first-order valence-electron chi connectivity index (χ1n) is 7.09. The van der Waals surface area contributed by atoms with Crippen LogP contribution in [-0.2, 0) is 0 Å². The maximum atomic E-state index is 6.20. The van der Waals surface area contributed by atoms with Gasteiger partial charge in [-0.3, -0.25) is 0 Å². The summed E-state index contributed by atoms with van der Waals surface area (Å²) in [4.78, 5) is 2.77. The molecule has 0 aliphatic carbocycles. The molecule has 1 aromatic heterocycles. The van der Waals surface area contributed by atoms with Crippen molar-refractivity contribution in [2.24, 2.45) is 0 Å². The number of hydrogen-bond donors (Lipinski definition) is 1. The summed E-state index contributed by atoms with van der Waals surface area (Å²) in [5, 5.41) is 4.48. The number of thiophene rings is 1. The summed E-state index contributed by atoms with van der Waals surface area (Å²) in [7, 11) is 0. The molecule has 0 aliphatic heterocycles. The lowest BCUT2D eigenvalue weighted by molar-refractivity contribution is 0.601. The quantitative estimate of drug-likeness (QED) is 0.778. The van der Waals surface area contributed by atoms with E-state index in [-0.39, 0.29) is 6.04 Å². The second-order valence-electron chi connectivity index (χ2n) is 5.29. The molecule has 1 N–H and O–H groups in total. The van der Waals surface area contributed by atoms with Gasteiger partial charge in [-0.05, 0) is 68.6 Å². The Morgan fingerprint density at radius 3 is 2.50 bits per heavy atom. The van der Waals surface area contributed by atoms with Crippen LogP contribution in [0.2, 0.25) is 5.02 Å². The largest absolute Gasteiger partial charge is 0.306 e. The van der Waals surface area contributed by atoms with Gasteiger partial charge in [-0.25, -0.2) is 0 Å². The van der Waals surface area contributed by atoms with Crippen LogP contribution in [0.5, 0.6) is 0 Å². The predicted octanol–water partition coefficient (Wildman–Crippen LogP) is 5.42. The summed E-state index contributed by atoms with van der Waals surface area (Å²) in [5.74, 6) is 0. The van der Waals surface area contributed by atoms with Crippen molar-refractivity contribution < 1.29 is 0 Å². The molecular formula is C17H22ClNS. The molecule has 108 valence electrons. The van der Waals surface area contributed by atoms with E-state index in [0.29, 0.717) is 0 Å². The zero-order valence-corrected chi connectivity index (χ0v) is 14.2. The van der Waals surface area contributed by atoms with Crippen LogP contribution in [0, 0.1) is 20.8 Å². The SMILES string of the molecule is CCCNC(c1cc(Cl)ccc1C)c1sc(C)cc1C. The molecule has 0 aliphatic rings. The van der Waals surface area contributed by atoms with Crippen molar-refractivity contribution in [1.82, 2.24) is 5.32 Å². The van der Waals surface area contributed by atoms with Gasteiger partial charge >= 0.3 is 0 Å². The van der Waals surface area contributed by atoms with Crippen LogP contribution in [0.1, 0.15) is 45.8 Å². The Hall–Kier alpha value is -0.830. The van der Waals surface area contributed by atoms with E-state index in [1.54, 1.807) is 0 Å². The lowest BCUT2D eigenvalue weighted by atomic mass is 9.98. The smallest absolute Gasteiger partial charge is 0.0676 e. The van der Waals surface area contributed by atoms with E-state index >= 15 is 0 Å². The summed E-state index contributed by atoms with van der Waals surface area (Å²) < 4.78 is 0. The number of benzene rings is 1. The third kappa shape index (κ3) is 3.43. The average Bonchev–Trinajstić information content (AvgIpc) is 2.73. The fourth-order valence-corrected chi connectivity index (χ4v) is 3.81. The number of hydrogen-bond acceptors (Lipinski definition) is 2. The molecule has 0 amide bonds. The van der Waals surface area contributed by atoms with Crippen molar-refractivity contribution in [1.29, 1.82) is 0 Å². The first kappa shape index (κ1) is 15.6. The molecule has 0 saturated carbocycles. The zero-order chi connectivity index (χ0) is 14.7. The minimum absolute atomic E-state index is 0.243. The molecule has 1 heterocycles. The van der Waals surface area contributed by atoms with Gasteiger partial charge in [0.15, 0.2) is 0 Å². The van der Waals surface area contributed by atoms with Gasteiger partial charge < -0.3 is 5.32 Å². The molecular weight excluding hydrogens is 286 g/mol. The molecule has 0 fully saturated rings. The number of halogens is 1. The highest BCUT2D eigenvalue weighted by atomic mass is 35.5. The Labute approximate surface area is 131 Å². The molecule has 0 bridgehead atoms. The third-order valence-electron chi connectivity index (χ3n) is 3.49. The van der Waals surface area contributed by atoms with Crippen molar-refractivity contribution in [3.8, 4) is 0 Å². The summed E-state index contributed by atoms with van der Waals surface area (Å²) in [6.45, 7) is 9.72. The number of nitrogens with one attached hydrogen (secondary N) is 1. The maximum absolute atomic E-state index is 6.20. The van der Waals surface area contributed by atoms with Crippen LogP contribution in [0.25, 0.3) is 0 Å². The lowest BCUT2D eigenvalue weighted by Crippen LogP contribution is -2.23. The highest BCUT2D eigenvalue weighted by Gasteiger charge is 2.19. The number of aryl methyl sites for hydroxylation is 3. The molecule has 1 unspecified atom stereocenters. The Morgan fingerprint density at radius 1 is 1.15 bits per heavy atom. The highest BCUT2D eigenvalue weighted by molar-refractivity contribution is 7.12. The lowest BCUT2D eigenvalue weighted by Gasteiger charge is -2.21. The molecule has 1 atom stereocenters. The number of rotatable bonds is 5. The van der Waals surface area contributed by atoms with Crippen molar-refractivity contribution in [3.05, 3.63) is 55.7 Å². The van der Waals surface area contributed by atoms with Crippen molar-refractivity contribution in [2.45, 2.75) is 40.2 Å². The van der Waals surface area contributed by atoms with Crippen molar-refractivity contribution in [2.75, 3.05) is 6.54 Å². The van der Waals surface area contributed by atoms with Gasteiger partial charge in [0.1, 0.15) is 0 Å².